The molecule has 154 valence electrons. The average molecular weight is 398 g/mol. The topological polar surface area (TPSA) is 76.9 Å². The van der Waals surface area contributed by atoms with Crippen molar-refractivity contribution >= 4 is 11.8 Å². The molecular formula is C21H26N4O4. The lowest BCUT2D eigenvalue weighted by atomic mass is 10.2. The van der Waals surface area contributed by atoms with Gasteiger partial charge in [-0.1, -0.05) is 19.1 Å². The molecule has 0 radical (unpaired) electrons. The predicted octanol–water partition coefficient (Wildman–Crippen LogP) is 1.50. The summed E-state index contributed by atoms with van der Waals surface area (Å²) < 4.78 is 13.2. The van der Waals surface area contributed by atoms with E-state index in [0.29, 0.717) is 43.4 Å². The highest BCUT2D eigenvalue weighted by Crippen LogP contribution is 2.31. The number of benzene rings is 1. The fourth-order valence-corrected chi connectivity index (χ4v) is 3.75. The van der Waals surface area contributed by atoms with E-state index in [-0.39, 0.29) is 18.4 Å². The van der Waals surface area contributed by atoms with Crippen LogP contribution in [-0.2, 0) is 18.3 Å². The van der Waals surface area contributed by atoms with E-state index in [1.54, 1.807) is 27.6 Å². The summed E-state index contributed by atoms with van der Waals surface area (Å²) in [6, 6.07) is 9.20. The number of hydrogen-bond acceptors (Lipinski definition) is 5. The van der Waals surface area contributed by atoms with Gasteiger partial charge in [0.05, 0.1) is 5.69 Å². The Balaban J connectivity index is 1.39. The van der Waals surface area contributed by atoms with Crippen LogP contribution in [-0.4, -0.2) is 70.3 Å². The van der Waals surface area contributed by atoms with Crippen LogP contribution in [0.5, 0.6) is 11.5 Å². The minimum Gasteiger partial charge on any atom is -0.485 e. The van der Waals surface area contributed by atoms with Gasteiger partial charge in [0.15, 0.2) is 11.5 Å². The number of fused-ring (bicyclic) bond motifs is 1. The summed E-state index contributed by atoms with van der Waals surface area (Å²) in [5.74, 6) is 1.11. The molecule has 1 aromatic heterocycles. The number of nitrogens with zero attached hydrogens (tertiary/aromatic N) is 4. The molecule has 8 heteroatoms. The highest BCUT2D eigenvalue weighted by Gasteiger charge is 2.32. The van der Waals surface area contributed by atoms with Crippen molar-refractivity contribution in [1.82, 2.24) is 19.6 Å². The molecule has 1 saturated heterocycles. The zero-order valence-corrected chi connectivity index (χ0v) is 16.8. The van der Waals surface area contributed by atoms with E-state index >= 15 is 0 Å². The van der Waals surface area contributed by atoms with Gasteiger partial charge >= 0.3 is 0 Å². The highest BCUT2D eigenvalue weighted by molar-refractivity contribution is 5.92. The van der Waals surface area contributed by atoms with Gasteiger partial charge in [-0.2, -0.15) is 5.10 Å². The number of rotatable bonds is 3. The second-order valence-electron chi connectivity index (χ2n) is 7.33. The molecule has 0 bridgehead atoms. The number of ether oxygens (including phenoxy) is 2. The second-order valence-corrected chi connectivity index (χ2v) is 7.33. The van der Waals surface area contributed by atoms with Gasteiger partial charge in [-0.05, 0) is 31.0 Å². The van der Waals surface area contributed by atoms with Crippen molar-refractivity contribution in [1.29, 1.82) is 0 Å². The Bertz CT molecular complexity index is 910. The van der Waals surface area contributed by atoms with Crippen molar-refractivity contribution in [2.75, 3.05) is 32.8 Å². The summed E-state index contributed by atoms with van der Waals surface area (Å²) in [7, 11) is 1.79. The van der Waals surface area contributed by atoms with Gasteiger partial charge in [-0.3, -0.25) is 14.3 Å². The van der Waals surface area contributed by atoms with Crippen molar-refractivity contribution in [3.05, 3.63) is 41.7 Å². The molecule has 0 N–H and O–H groups in total. The number of hydrogen-bond donors (Lipinski definition) is 0. The standard InChI is InChI=1S/C21H26N4O4/c1-3-15-13-16(23(2)22-15)20(26)24-9-6-10-25(12-11-24)21(27)19-14-28-17-7-4-5-8-18(17)29-19/h4-5,7-8,13,19H,3,6,9-12,14H2,1-2H3. The van der Waals surface area contributed by atoms with Crippen LogP contribution in [0.15, 0.2) is 30.3 Å². The van der Waals surface area contributed by atoms with Gasteiger partial charge in [-0.25, -0.2) is 0 Å². The van der Waals surface area contributed by atoms with Crippen molar-refractivity contribution in [2.24, 2.45) is 7.05 Å². The van der Waals surface area contributed by atoms with Crippen molar-refractivity contribution in [3.8, 4) is 11.5 Å². The molecule has 1 atom stereocenters. The highest BCUT2D eigenvalue weighted by atomic mass is 16.6. The van der Waals surface area contributed by atoms with E-state index in [9.17, 15) is 9.59 Å². The Hall–Kier alpha value is -3.03. The molecule has 2 aromatic rings. The smallest absolute Gasteiger partial charge is 0.272 e. The molecule has 2 amide bonds. The minimum absolute atomic E-state index is 0.0415. The maximum Gasteiger partial charge on any atom is 0.272 e. The van der Waals surface area contributed by atoms with Crippen molar-refractivity contribution in [2.45, 2.75) is 25.9 Å². The maximum absolute atomic E-state index is 13.0. The number of para-hydroxylation sites is 2. The summed E-state index contributed by atoms with van der Waals surface area (Å²) in [6.07, 6.45) is 0.854. The Morgan fingerprint density at radius 2 is 1.83 bits per heavy atom. The van der Waals surface area contributed by atoms with Gasteiger partial charge in [0, 0.05) is 33.2 Å². The van der Waals surface area contributed by atoms with Crippen LogP contribution in [0.2, 0.25) is 0 Å². The Morgan fingerprint density at radius 1 is 1.10 bits per heavy atom. The predicted molar refractivity (Wildman–Crippen MR) is 106 cm³/mol. The van der Waals surface area contributed by atoms with Crippen LogP contribution >= 0.6 is 0 Å². The maximum atomic E-state index is 13.0. The molecule has 1 fully saturated rings. The van der Waals surface area contributed by atoms with Crippen LogP contribution < -0.4 is 9.47 Å². The molecule has 4 rings (SSSR count). The Labute approximate surface area is 170 Å². The van der Waals surface area contributed by atoms with Crippen molar-refractivity contribution < 1.29 is 19.1 Å². The molecule has 0 saturated carbocycles. The van der Waals surface area contributed by atoms with Crippen molar-refractivity contribution in [3.63, 3.8) is 0 Å². The van der Waals surface area contributed by atoms with E-state index in [1.165, 1.54) is 0 Å². The minimum atomic E-state index is -0.656. The fraction of sp³-hybridized carbons (Fsp3) is 0.476. The van der Waals surface area contributed by atoms with Crippen LogP contribution in [0.1, 0.15) is 29.5 Å². The van der Waals surface area contributed by atoms with E-state index < -0.39 is 6.10 Å². The van der Waals surface area contributed by atoms with Gasteiger partial charge in [0.1, 0.15) is 12.3 Å². The van der Waals surface area contributed by atoms with Gasteiger partial charge in [0.25, 0.3) is 11.8 Å². The van der Waals surface area contributed by atoms with E-state index in [4.69, 9.17) is 9.47 Å². The van der Waals surface area contributed by atoms with Crippen LogP contribution in [0.25, 0.3) is 0 Å². The van der Waals surface area contributed by atoms with Gasteiger partial charge in [0.2, 0.25) is 6.10 Å². The van der Waals surface area contributed by atoms with E-state index in [2.05, 4.69) is 5.10 Å². The number of amides is 2. The first-order chi connectivity index (χ1) is 14.1. The molecule has 3 heterocycles. The SMILES string of the molecule is CCc1cc(C(=O)N2CCCN(C(=O)C3COc4ccccc4O3)CC2)n(C)n1. The normalized spacial score (nSPS) is 19.0. The lowest BCUT2D eigenvalue weighted by Gasteiger charge is -2.30. The molecule has 29 heavy (non-hydrogen) atoms. The monoisotopic (exact) mass is 398 g/mol. The van der Waals surface area contributed by atoms with Crippen LogP contribution in [0.3, 0.4) is 0 Å². The first-order valence-electron chi connectivity index (χ1n) is 10.1. The van der Waals surface area contributed by atoms with E-state index in [1.807, 2.05) is 31.2 Å². The molecule has 0 spiro atoms. The van der Waals surface area contributed by atoms with Crippen LogP contribution in [0, 0.1) is 0 Å². The quantitative estimate of drug-likeness (QED) is 0.783. The van der Waals surface area contributed by atoms with Crippen LogP contribution in [0.4, 0.5) is 0 Å². The first-order valence-corrected chi connectivity index (χ1v) is 10.1. The number of aryl methyl sites for hydroxylation is 2. The third-order valence-electron chi connectivity index (χ3n) is 5.39. The molecule has 8 nitrogen and oxygen atoms in total. The Kier molecular flexibility index (Phi) is 5.42. The number of carbonyl (C=O) groups excluding carboxylic acids is 2. The summed E-state index contributed by atoms with van der Waals surface area (Å²) in [4.78, 5) is 29.5. The van der Waals surface area contributed by atoms with Gasteiger partial charge in [-0.15, -0.1) is 0 Å². The van der Waals surface area contributed by atoms with Gasteiger partial charge < -0.3 is 19.3 Å². The molecule has 1 aromatic carbocycles. The zero-order chi connectivity index (χ0) is 20.4. The largest absolute Gasteiger partial charge is 0.485 e. The molecule has 1 unspecified atom stereocenters. The average Bonchev–Trinajstić information content (AvgIpc) is 2.97. The molecule has 0 aliphatic carbocycles. The summed E-state index contributed by atoms with van der Waals surface area (Å²) in [5, 5.41) is 4.37. The van der Waals surface area contributed by atoms with E-state index in [0.717, 1.165) is 18.5 Å². The first kappa shape index (κ1) is 19.3. The second kappa shape index (κ2) is 8.14. The third kappa shape index (κ3) is 3.92. The lowest BCUT2D eigenvalue weighted by molar-refractivity contribution is -0.141. The number of aromatic nitrogens is 2. The number of carbonyl (C=O) groups is 2. The fourth-order valence-electron chi connectivity index (χ4n) is 3.75. The Morgan fingerprint density at radius 3 is 2.59 bits per heavy atom. The molecule has 2 aliphatic heterocycles. The molecule has 2 aliphatic rings. The summed E-state index contributed by atoms with van der Waals surface area (Å²) in [5.41, 5.74) is 1.49. The lowest BCUT2D eigenvalue weighted by Crippen LogP contribution is -2.47. The summed E-state index contributed by atoms with van der Waals surface area (Å²) in [6.45, 7) is 4.38. The summed E-state index contributed by atoms with van der Waals surface area (Å²) >= 11 is 0. The molecular weight excluding hydrogens is 372 g/mol. The third-order valence-corrected chi connectivity index (χ3v) is 5.39. The zero-order valence-electron chi connectivity index (χ0n) is 16.8.